The number of ether oxygens (including phenoxy) is 1. The molecule has 4 nitrogen and oxygen atoms in total. The molecule has 0 aromatic heterocycles. The molecule has 0 aromatic rings. The van der Waals surface area contributed by atoms with Crippen molar-refractivity contribution in [3.63, 3.8) is 0 Å². The van der Waals surface area contributed by atoms with Gasteiger partial charge in [0, 0.05) is 12.8 Å². The first kappa shape index (κ1) is 9.03. The molecule has 1 saturated heterocycles. The summed E-state index contributed by atoms with van der Waals surface area (Å²) >= 11 is 0. The first-order valence-corrected chi connectivity index (χ1v) is 4.00. The fourth-order valence-electron chi connectivity index (χ4n) is 1.26. The Morgan fingerprint density at radius 1 is 1.50 bits per heavy atom. The molecule has 12 heavy (non-hydrogen) atoms. The van der Waals surface area contributed by atoms with Crippen LogP contribution in [0.2, 0.25) is 0 Å². The van der Waals surface area contributed by atoms with Gasteiger partial charge in [0.2, 0.25) is 5.91 Å². The van der Waals surface area contributed by atoms with Crippen LogP contribution in [-0.2, 0) is 14.3 Å². The van der Waals surface area contributed by atoms with Gasteiger partial charge < -0.3 is 10.1 Å². The summed E-state index contributed by atoms with van der Waals surface area (Å²) in [7, 11) is 0. The number of hydrogen-bond donors (Lipinski definition) is 1. The Morgan fingerprint density at radius 3 is 2.42 bits per heavy atom. The van der Waals surface area contributed by atoms with Gasteiger partial charge in [-0.1, -0.05) is 6.92 Å². The van der Waals surface area contributed by atoms with Crippen LogP contribution in [0.1, 0.15) is 20.8 Å². The molecule has 0 unspecified atom stereocenters. The number of cyclic esters (lactones) is 1. The monoisotopic (exact) mass is 171 g/mol. The number of hydrogen-bond acceptors (Lipinski definition) is 3. The van der Waals surface area contributed by atoms with Crippen LogP contribution in [0.5, 0.6) is 0 Å². The van der Waals surface area contributed by atoms with Gasteiger partial charge in [-0.15, -0.1) is 0 Å². The number of rotatable bonds is 1. The molecule has 4 heteroatoms. The van der Waals surface area contributed by atoms with E-state index in [1.54, 1.807) is 0 Å². The Bertz CT molecular complexity index is 214. The van der Waals surface area contributed by atoms with E-state index in [4.69, 9.17) is 4.74 Å². The molecule has 3 atom stereocenters. The summed E-state index contributed by atoms with van der Waals surface area (Å²) in [6.45, 7) is 5.10. The predicted molar refractivity (Wildman–Crippen MR) is 42.3 cm³/mol. The van der Waals surface area contributed by atoms with Crippen molar-refractivity contribution < 1.29 is 14.3 Å². The number of carbonyl (C=O) groups is 2. The van der Waals surface area contributed by atoms with Crippen LogP contribution in [0, 0.1) is 5.92 Å². The van der Waals surface area contributed by atoms with Gasteiger partial charge in [0.25, 0.3) is 0 Å². The molecule has 0 spiro atoms. The quantitative estimate of drug-likeness (QED) is 0.568. The summed E-state index contributed by atoms with van der Waals surface area (Å²) in [4.78, 5) is 21.8. The highest BCUT2D eigenvalue weighted by Crippen LogP contribution is 2.21. The topological polar surface area (TPSA) is 55.4 Å². The highest BCUT2D eigenvalue weighted by atomic mass is 16.6. The third-order valence-corrected chi connectivity index (χ3v) is 2.18. The first-order chi connectivity index (χ1) is 5.52. The van der Waals surface area contributed by atoms with Crippen molar-refractivity contribution in [1.82, 2.24) is 5.32 Å². The van der Waals surface area contributed by atoms with Gasteiger partial charge in [-0.3, -0.25) is 4.79 Å². The molecule has 0 radical (unpaired) electrons. The van der Waals surface area contributed by atoms with Crippen LogP contribution in [-0.4, -0.2) is 24.0 Å². The fraction of sp³-hybridized carbons (Fsp3) is 0.750. The van der Waals surface area contributed by atoms with E-state index in [9.17, 15) is 9.59 Å². The van der Waals surface area contributed by atoms with Gasteiger partial charge in [-0.05, 0) is 6.92 Å². The van der Waals surface area contributed by atoms with E-state index in [1.807, 2.05) is 13.8 Å². The largest absolute Gasteiger partial charge is 0.461 e. The predicted octanol–water partition coefficient (Wildman–Crippen LogP) is 0.0725. The fourth-order valence-corrected chi connectivity index (χ4v) is 1.26. The van der Waals surface area contributed by atoms with E-state index >= 15 is 0 Å². The minimum Gasteiger partial charge on any atom is -0.461 e. The Labute approximate surface area is 71.3 Å². The molecule has 0 bridgehead atoms. The normalized spacial score (nSPS) is 34.6. The van der Waals surface area contributed by atoms with Gasteiger partial charge in [0.15, 0.2) is 0 Å². The molecule has 1 aliphatic rings. The number of esters is 1. The second kappa shape index (κ2) is 3.13. The lowest BCUT2D eigenvalue weighted by Gasteiger charge is -2.12. The summed E-state index contributed by atoms with van der Waals surface area (Å²) in [5, 5.41) is 2.56. The first-order valence-electron chi connectivity index (χ1n) is 4.00. The maximum absolute atomic E-state index is 11.1. The van der Waals surface area contributed by atoms with E-state index < -0.39 is 6.04 Å². The summed E-state index contributed by atoms with van der Waals surface area (Å²) in [6.07, 6.45) is -0.102. The summed E-state index contributed by atoms with van der Waals surface area (Å²) in [6, 6.07) is -0.461. The third kappa shape index (κ3) is 1.57. The summed E-state index contributed by atoms with van der Waals surface area (Å²) < 4.78 is 4.93. The zero-order chi connectivity index (χ0) is 9.30. The van der Waals surface area contributed by atoms with Crippen molar-refractivity contribution in [3.8, 4) is 0 Å². The molecule has 0 saturated carbocycles. The van der Waals surface area contributed by atoms with Gasteiger partial charge in [0.1, 0.15) is 12.1 Å². The van der Waals surface area contributed by atoms with E-state index in [2.05, 4.69) is 5.32 Å². The molecular weight excluding hydrogens is 158 g/mol. The number of amides is 1. The zero-order valence-electron chi connectivity index (χ0n) is 7.46. The molecule has 1 aliphatic heterocycles. The average molecular weight is 171 g/mol. The second-order valence-corrected chi connectivity index (χ2v) is 3.18. The summed E-state index contributed by atoms with van der Waals surface area (Å²) in [5.74, 6) is -0.468. The van der Waals surface area contributed by atoms with Crippen LogP contribution in [0.3, 0.4) is 0 Å². The van der Waals surface area contributed by atoms with Crippen LogP contribution in [0.4, 0.5) is 0 Å². The van der Waals surface area contributed by atoms with E-state index in [-0.39, 0.29) is 23.9 Å². The lowest BCUT2D eigenvalue weighted by atomic mass is 10.0. The van der Waals surface area contributed by atoms with Crippen molar-refractivity contribution in [2.24, 2.45) is 5.92 Å². The highest BCUT2D eigenvalue weighted by molar-refractivity contribution is 5.84. The van der Waals surface area contributed by atoms with Crippen molar-refractivity contribution >= 4 is 11.9 Å². The average Bonchev–Trinajstić information content (AvgIpc) is 2.16. The van der Waals surface area contributed by atoms with Crippen molar-refractivity contribution in [3.05, 3.63) is 0 Å². The zero-order valence-corrected chi connectivity index (χ0v) is 7.46. The van der Waals surface area contributed by atoms with Crippen LogP contribution < -0.4 is 5.32 Å². The molecule has 68 valence electrons. The maximum Gasteiger partial charge on any atom is 0.329 e. The van der Waals surface area contributed by atoms with Crippen LogP contribution in [0.25, 0.3) is 0 Å². The lowest BCUT2D eigenvalue weighted by Crippen LogP contribution is -2.40. The van der Waals surface area contributed by atoms with Crippen molar-refractivity contribution in [2.45, 2.75) is 32.9 Å². The summed E-state index contributed by atoms with van der Waals surface area (Å²) in [5.41, 5.74) is 0. The number of nitrogens with one attached hydrogen (secondary N) is 1. The van der Waals surface area contributed by atoms with Gasteiger partial charge >= 0.3 is 5.97 Å². The van der Waals surface area contributed by atoms with Gasteiger partial charge in [0.05, 0.1) is 0 Å². The van der Waals surface area contributed by atoms with E-state index in [0.29, 0.717) is 0 Å². The molecule has 1 fully saturated rings. The smallest absolute Gasteiger partial charge is 0.329 e. The molecule has 1 rings (SSSR count). The SMILES string of the molecule is CC(=O)N[C@H]1C(=O)O[C@H](C)[C@@H]1C. The van der Waals surface area contributed by atoms with Crippen molar-refractivity contribution in [2.75, 3.05) is 0 Å². The lowest BCUT2D eigenvalue weighted by molar-refractivity contribution is -0.143. The van der Waals surface area contributed by atoms with Gasteiger partial charge in [-0.25, -0.2) is 4.79 Å². The Morgan fingerprint density at radius 2 is 2.08 bits per heavy atom. The Balaban J connectivity index is 2.63. The van der Waals surface area contributed by atoms with Crippen LogP contribution >= 0.6 is 0 Å². The molecule has 1 N–H and O–H groups in total. The standard InChI is InChI=1S/C8H13NO3/c1-4-5(2)12-8(11)7(4)9-6(3)10/h4-5,7H,1-3H3,(H,9,10)/t4-,5+,7+/m0/s1. The van der Waals surface area contributed by atoms with Crippen LogP contribution in [0.15, 0.2) is 0 Å². The molecule has 1 amide bonds. The molecule has 0 aromatic carbocycles. The molecule has 1 heterocycles. The minimum atomic E-state index is -0.461. The van der Waals surface area contributed by atoms with Gasteiger partial charge in [-0.2, -0.15) is 0 Å². The third-order valence-electron chi connectivity index (χ3n) is 2.18. The van der Waals surface area contributed by atoms with Crippen molar-refractivity contribution in [1.29, 1.82) is 0 Å². The Hall–Kier alpha value is -1.06. The molecular formula is C8H13NO3. The van der Waals surface area contributed by atoms with E-state index in [1.165, 1.54) is 6.92 Å². The highest BCUT2D eigenvalue weighted by Gasteiger charge is 2.39. The minimum absolute atomic E-state index is 0.0569. The molecule has 0 aliphatic carbocycles. The van der Waals surface area contributed by atoms with E-state index in [0.717, 1.165) is 0 Å². The number of carbonyl (C=O) groups excluding carboxylic acids is 2. The second-order valence-electron chi connectivity index (χ2n) is 3.18. The Kier molecular flexibility index (Phi) is 2.35. The maximum atomic E-state index is 11.1.